The SMILES string of the molecule is CC(C)S(=O)(=O)N1C[C@@H]2[C@H](C1)C2(CNC(=O)c1ccc(Cl)cc1Cl)CC1CC1. The maximum Gasteiger partial charge on any atom is 0.252 e. The summed E-state index contributed by atoms with van der Waals surface area (Å²) >= 11 is 12.1. The molecule has 1 aromatic rings. The Labute approximate surface area is 176 Å². The van der Waals surface area contributed by atoms with Gasteiger partial charge >= 0.3 is 0 Å². The molecule has 1 heterocycles. The van der Waals surface area contributed by atoms with Crippen molar-refractivity contribution in [3.05, 3.63) is 33.8 Å². The van der Waals surface area contributed by atoms with Gasteiger partial charge < -0.3 is 5.32 Å². The number of rotatable bonds is 7. The van der Waals surface area contributed by atoms with E-state index in [1.54, 1.807) is 36.4 Å². The van der Waals surface area contributed by atoms with Crippen LogP contribution in [0.25, 0.3) is 0 Å². The Bertz CT molecular complexity index is 887. The zero-order valence-electron chi connectivity index (χ0n) is 16.1. The Morgan fingerprint density at radius 3 is 2.43 bits per heavy atom. The lowest BCUT2D eigenvalue weighted by Gasteiger charge is -2.28. The Morgan fingerprint density at radius 2 is 1.89 bits per heavy atom. The van der Waals surface area contributed by atoms with E-state index in [0.717, 1.165) is 12.3 Å². The van der Waals surface area contributed by atoms with Crippen LogP contribution in [0.4, 0.5) is 0 Å². The third-order valence-electron chi connectivity index (χ3n) is 6.73. The molecule has 1 unspecified atom stereocenters. The van der Waals surface area contributed by atoms with Crippen molar-refractivity contribution in [1.29, 1.82) is 0 Å². The van der Waals surface area contributed by atoms with Crippen molar-refractivity contribution in [2.75, 3.05) is 19.6 Å². The van der Waals surface area contributed by atoms with Gasteiger partial charge in [-0.1, -0.05) is 36.0 Å². The number of sulfonamides is 1. The summed E-state index contributed by atoms with van der Waals surface area (Å²) in [5, 5.41) is 3.51. The van der Waals surface area contributed by atoms with E-state index in [-0.39, 0.29) is 11.3 Å². The molecule has 2 saturated carbocycles. The second kappa shape index (κ2) is 7.15. The smallest absolute Gasteiger partial charge is 0.252 e. The highest BCUT2D eigenvalue weighted by Crippen LogP contribution is 2.67. The van der Waals surface area contributed by atoms with Crippen LogP contribution in [0, 0.1) is 23.2 Å². The second-order valence-electron chi connectivity index (χ2n) is 8.81. The highest BCUT2D eigenvalue weighted by Gasteiger charge is 2.69. The van der Waals surface area contributed by atoms with Crippen LogP contribution in [0.2, 0.25) is 10.0 Å². The molecule has 8 heteroatoms. The number of carbonyl (C=O) groups is 1. The number of piperidine rings is 1. The molecular weight excluding hydrogens is 419 g/mol. The summed E-state index contributed by atoms with van der Waals surface area (Å²) < 4.78 is 26.6. The summed E-state index contributed by atoms with van der Waals surface area (Å²) in [7, 11) is -3.21. The van der Waals surface area contributed by atoms with Crippen molar-refractivity contribution in [2.45, 2.75) is 38.4 Å². The van der Waals surface area contributed by atoms with Crippen molar-refractivity contribution in [2.24, 2.45) is 23.2 Å². The van der Waals surface area contributed by atoms with E-state index in [9.17, 15) is 13.2 Å². The van der Waals surface area contributed by atoms with Gasteiger partial charge in [0.2, 0.25) is 10.0 Å². The van der Waals surface area contributed by atoms with Gasteiger partial charge in [0.15, 0.2) is 0 Å². The zero-order valence-corrected chi connectivity index (χ0v) is 18.4. The number of hydrogen-bond donors (Lipinski definition) is 1. The van der Waals surface area contributed by atoms with E-state index in [1.807, 2.05) is 0 Å². The maximum atomic E-state index is 12.6. The van der Waals surface area contributed by atoms with Gasteiger partial charge in [0.05, 0.1) is 15.8 Å². The van der Waals surface area contributed by atoms with Crippen molar-refractivity contribution >= 4 is 39.1 Å². The van der Waals surface area contributed by atoms with Crippen LogP contribution in [0.1, 0.15) is 43.5 Å². The predicted molar refractivity (Wildman–Crippen MR) is 111 cm³/mol. The molecule has 0 spiro atoms. The average molecular weight is 445 g/mol. The number of nitrogens with one attached hydrogen (secondary N) is 1. The molecule has 0 radical (unpaired) electrons. The molecule has 3 fully saturated rings. The molecule has 1 aliphatic heterocycles. The van der Waals surface area contributed by atoms with Gasteiger partial charge in [-0.05, 0) is 61.6 Å². The summed E-state index contributed by atoms with van der Waals surface area (Å²) in [5.74, 6) is 1.19. The van der Waals surface area contributed by atoms with Gasteiger partial charge in [-0.15, -0.1) is 0 Å². The Morgan fingerprint density at radius 1 is 1.25 bits per heavy atom. The summed E-state index contributed by atoms with van der Waals surface area (Å²) in [5.41, 5.74) is 0.445. The van der Waals surface area contributed by atoms with E-state index < -0.39 is 15.3 Å². The molecule has 0 bridgehead atoms. The minimum atomic E-state index is -3.21. The normalized spacial score (nSPS) is 29.8. The van der Waals surface area contributed by atoms with E-state index >= 15 is 0 Å². The standard InChI is InChI=1S/C20H26Cl2N2O3S/c1-12(2)28(26,27)24-9-16-17(10-24)20(16,8-13-3-4-13)11-23-19(25)15-6-5-14(21)7-18(15)22/h5-7,12-13,16-17H,3-4,8-11H2,1-2H3,(H,23,25)/t16-,17+,20?. The lowest BCUT2D eigenvalue weighted by molar-refractivity contribution is 0.0937. The number of amides is 1. The molecule has 1 aromatic carbocycles. The molecule has 154 valence electrons. The maximum absolute atomic E-state index is 12.6. The summed E-state index contributed by atoms with van der Waals surface area (Å²) in [6.07, 6.45) is 3.56. The van der Waals surface area contributed by atoms with Crippen LogP contribution >= 0.6 is 23.2 Å². The molecule has 1 N–H and O–H groups in total. The first-order valence-electron chi connectivity index (χ1n) is 9.87. The third kappa shape index (κ3) is 3.57. The fraction of sp³-hybridized carbons (Fsp3) is 0.650. The van der Waals surface area contributed by atoms with E-state index in [4.69, 9.17) is 23.2 Å². The first kappa shape index (κ1) is 20.5. The largest absolute Gasteiger partial charge is 0.351 e. The van der Waals surface area contributed by atoms with Crippen LogP contribution in [-0.4, -0.2) is 43.5 Å². The molecule has 0 aromatic heterocycles. The molecule has 1 saturated heterocycles. The number of benzene rings is 1. The van der Waals surface area contributed by atoms with Crippen molar-refractivity contribution in [1.82, 2.24) is 9.62 Å². The van der Waals surface area contributed by atoms with Crippen molar-refractivity contribution < 1.29 is 13.2 Å². The van der Waals surface area contributed by atoms with Crippen LogP contribution in [-0.2, 0) is 10.0 Å². The van der Waals surface area contributed by atoms with E-state index in [2.05, 4.69) is 5.32 Å². The minimum Gasteiger partial charge on any atom is -0.351 e. The topological polar surface area (TPSA) is 66.5 Å². The lowest BCUT2D eigenvalue weighted by Crippen LogP contribution is -2.41. The fourth-order valence-electron chi connectivity index (χ4n) is 4.82. The van der Waals surface area contributed by atoms with Crippen molar-refractivity contribution in [3.63, 3.8) is 0 Å². The Hall–Kier alpha value is -0.820. The Kier molecular flexibility index (Phi) is 5.22. The van der Waals surface area contributed by atoms with Crippen LogP contribution in [0.3, 0.4) is 0 Å². The lowest BCUT2D eigenvalue weighted by atomic mass is 9.92. The number of fused-ring (bicyclic) bond motifs is 1. The predicted octanol–water partition coefficient (Wildman–Crippen LogP) is 3.81. The van der Waals surface area contributed by atoms with Gasteiger partial charge in [-0.3, -0.25) is 4.79 Å². The van der Waals surface area contributed by atoms with Gasteiger partial charge in [-0.2, -0.15) is 0 Å². The number of hydrogen-bond acceptors (Lipinski definition) is 3. The van der Waals surface area contributed by atoms with Crippen LogP contribution in [0.5, 0.6) is 0 Å². The molecule has 5 nitrogen and oxygen atoms in total. The summed E-state index contributed by atoms with van der Waals surface area (Å²) in [4.78, 5) is 12.6. The zero-order chi connectivity index (χ0) is 20.3. The molecule has 3 aliphatic rings. The highest BCUT2D eigenvalue weighted by atomic mass is 35.5. The fourth-order valence-corrected chi connectivity index (χ4v) is 6.65. The molecule has 28 heavy (non-hydrogen) atoms. The van der Waals surface area contributed by atoms with Gasteiger partial charge in [0.1, 0.15) is 0 Å². The molecule has 2 aliphatic carbocycles. The van der Waals surface area contributed by atoms with E-state index in [0.29, 0.717) is 47.1 Å². The molecule has 4 rings (SSSR count). The second-order valence-corrected chi connectivity index (χ2v) is 12.1. The molecular formula is C20H26Cl2N2O3S. The number of nitrogens with zero attached hydrogens (tertiary/aromatic N) is 1. The van der Waals surface area contributed by atoms with Gasteiger partial charge in [0.25, 0.3) is 5.91 Å². The number of carbonyl (C=O) groups excluding carboxylic acids is 1. The summed E-state index contributed by atoms with van der Waals surface area (Å²) in [6, 6.07) is 4.86. The van der Waals surface area contributed by atoms with Crippen molar-refractivity contribution in [3.8, 4) is 0 Å². The van der Waals surface area contributed by atoms with Crippen LogP contribution in [0.15, 0.2) is 18.2 Å². The van der Waals surface area contributed by atoms with Crippen LogP contribution < -0.4 is 5.32 Å². The molecule has 3 atom stereocenters. The van der Waals surface area contributed by atoms with Gasteiger partial charge in [0, 0.05) is 24.7 Å². The quantitative estimate of drug-likeness (QED) is 0.694. The van der Waals surface area contributed by atoms with Gasteiger partial charge in [-0.25, -0.2) is 12.7 Å². The monoisotopic (exact) mass is 444 g/mol. The molecule has 1 amide bonds. The number of halogens is 2. The average Bonchev–Trinajstić information content (AvgIpc) is 3.48. The van der Waals surface area contributed by atoms with E-state index in [1.165, 1.54) is 12.8 Å². The highest BCUT2D eigenvalue weighted by molar-refractivity contribution is 7.89. The Balaban J connectivity index is 1.44. The summed E-state index contributed by atoms with van der Waals surface area (Å²) in [6.45, 7) is 5.19. The first-order valence-corrected chi connectivity index (χ1v) is 12.1. The minimum absolute atomic E-state index is 0.0265. The third-order valence-corrected chi connectivity index (χ3v) is 9.49. The first-order chi connectivity index (χ1) is 13.1.